The molecule has 4 rings (SSSR count). The summed E-state index contributed by atoms with van der Waals surface area (Å²) in [5.74, 6) is 0.784. The van der Waals surface area contributed by atoms with Crippen LogP contribution in [0.25, 0.3) is 22.0 Å². The Labute approximate surface area is 235 Å². The SMILES string of the molecule is CCCCCc1ccc(S(=O)(=O)NCCc2c(-c3cccs3)n[nH]c2-c2cccc(NCCN(C)C)n2)cc1. The van der Waals surface area contributed by atoms with Crippen molar-refractivity contribution in [3.63, 3.8) is 0 Å². The fraction of sp³-hybridized carbons (Fsp3) is 0.379. The van der Waals surface area contributed by atoms with Crippen LogP contribution in [0, 0.1) is 0 Å². The van der Waals surface area contributed by atoms with Crippen LogP contribution in [0.2, 0.25) is 0 Å². The summed E-state index contributed by atoms with van der Waals surface area (Å²) in [5, 5.41) is 13.1. The topological polar surface area (TPSA) is 103 Å². The third-order valence-electron chi connectivity index (χ3n) is 6.46. The average Bonchev–Trinajstić information content (AvgIpc) is 3.59. The zero-order valence-corrected chi connectivity index (χ0v) is 24.5. The number of anilines is 1. The number of sulfonamides is 1. The van der Waals surface area contributed by atoms with Crippen molar-refractivity contribution >= 4 is 27.2 Å². The average molecular weight is 567 g/mol. The maximum Gasteiger partial charge on any atom is 0.240 e. The fourth-order valence-electron chi connectivity index (χ4n) is 4.33. The lowest BCUT2D eigenvalue weighted by atomic mass is 10.1. The maximum absolute atomic E-state index is 13.0. The van der Waals surface area contributed by atoms with Crippen molar-refractivity contribution in [2.75, 3.05) is 39.0 Å². The highest BCUT2D eigenvalue weighted by molar-refractivity contribution is 7.89. The van der Waals surface area contributed by atoms with Crippen LogP contribution in [0.15, 0.2) is 64.9 Å². The van der Waals surface area contributed by atoms with Gasteiger partial charge in [0.1, 0.15) is 11.5 Å². The van der Waals surface area contributed by atoms with E-state index in [1.165, 1.54) is 6.42 Å². The van der Waals surface area contributed by atoms with Crippen LogP contribution in [-0.2, 0) is 22.9 Å². The Morgan fingerprint density at radius 1 is 0.974 bits per heavy atom. The monoisotopic (exact) mass is 566 g/mol. The molecule has 0 saturated carbocycles. The van der Waals surface area contributed by atoms with Gasteiger partial charge >= 0.3 is 0 Å². The predicted octanol–water partition coefficient (Wildman–Crippen LogP) is 5.43. The lowest BCUT2D eigenvalue weighted by molar-refractivity contribution is 0.425. The molecule has 0 fully saturated rings. The van der Waals surface area contributed by atoms with Gasteiger partial charge in [-0.3, -0.25) is 5.10 Å². The van der Waals surface area contributed by atoms with Crippen LogP contribution in [0.1, 0.15) is 37.3 Å². The highest BCUT2D eigenvalue weighted by atomic mass is 32.2. The number of H-pyrrole nitrogens is 1. The number of aromatic amines is 1. The minimum atomic E-state index is -3.63. The molecule has 3 heterocycles. The van der Waals surface area contributed by atoms with E-state index >= 15 is 0 Å². The first-order chi connectivity index (χ1) is 18.9. The van der Waals surface area contributed by atoms with Gasteiger partial charge in [0.25, 0.3) is 0 Å². The molecule has 3 N–H and O–H groups in total. The van der Waals surface area contributed by atoms with Gasteiger partial charge in [0.2, 0.25) is 10.0 Å². The quantitative estimate of drug-likeness (QED) is 0.166. The minimum absolute atomic E-state index is 0.242. The molecule has 39 heavy (non-hydrogen) atoms. The highest BCUT2D eigenvalue weighted by Gasteiger charge is 2.20. The molecule has 1 aromatic carbocycles. The van der Waals surface area contributed by atoms with Crippen molar-refractivity contribution < 1.29 is 8.42 Å². The van der Waals surface area contributed by atoms with Crippen molar-refractivity contribution in [2.24, 2.45) is 0 Å². The number of nitrogens with one attached hydrogen (secondary N) is 3. The van der Waals surface area contributed by atoms with E-state index in [-0.39, 0.29) is 11.4 Å². The highest BCUT2D eigenvalue weighted by Crippen LogP contribution is 2.32. The van der Waals surface area contributed by atoms with E-state index in [9.17, 15) is 8.42 Å². The summed E-state index contributed by atoms with van der Waals surface area (Å²) in [6.07, 6.45) is 4.89. The molecule has 4 aromatic rings. The smallest absolute Gasteiger partial charge is 0.240 e. The summed E-state index contributed by atoms with van der Waals surface area (Å²) in [7, 11) is 0.437. The summed E-state index contributed by atoms with van der Waals surface area (Å²) in [6.45, 7) is 4.09. The number of aromatic nitrogens is 3. The van der Waals surface area contributed by atoms with Crippen molar-refractivity contribution in [3.05, 3.63) is 71.1 Å². The van der Waals surface area contributed by atoms with Crippen LogP contribution in [-0.4, -0.2) is 62.2 Å². The van der Waals surface area contributed by atoms with Crippen LogP contribution in [0.3, 0.4) is 0 Å². The minimum Gasteiger partial charge on any atom is -0.369 e. The molecule has 10 heteroatoms. The second kappa shape index (κ2) is 13.8. The Hall–Kier alpha value is -3.05. The molecule has 0 amide bonds. The summed E-state index contributed by atoms with van der Waals surface area (Å²) in [6, 6.07) is 17.1. The summed E-state index contributed by atoms with van der Waals surface area (Å²) < 4.78 is 28.9. The van der Waals surface area contributed by atoms with Gasteiger partial charge in [-0.1, -0.05) is 44.0 Å². The molecule has 0 spiro atoms. The molecular weight excluding hydrogens is 528 g/mol. The van der Waals surface area contributed by atoms with Crippen LogP contribution < -0.4 is 10.0 Å². The van der Waals surface area contributed by atoms with E-state index in [0.717, 1.165) is 71.3 Å². The number of aryl methyl sites for hydroxylation is 1. The van der Waals surface area contributed by atoms with Gasteiger partial charge in [-0.05, 0) is 74.6 Å². The number of hydrogen-bond acceptors (Lipinski definition) is 7. The van der Waals surface area contributed by atoms with Crippen LogP contribution in [0.4, 0.5) is 5.82 Å². The van der Waals surface area contributed by atoms with Crippen molar-refractivity contribution in [3.8, 4) is 22.0 Å². The molecule has 208 valence electrons. The standard InChI is InChI=1S/C29H38N6O2S2/c1-4-5-6-9-22-13-15-23(16-14-22)39(36,37)31-18-17-24-28(33-34-29(24)26-11-8-21-38-26)25-10-7-12-27(32-25)30-19-20-35(2)3/h7-8,10-16,21,31H,4-6,9,17-20H2,1-3H3,(H,30,32)(H,33,34). The van der Waals surface area contributed by atoms with Gasteiger partial charge in [0.05, 0.1) is 21.2 Å². The van der Waals surface area contributed by atoms with Crippen LogP contribution >= 0.6 is 11.3 Å². The molecule has 8 nitrogen and oxygen atoms in total. The van der Waals surface area contributed by atoms with E-state index in [0.29, 0.717) is 6.42 Å². The van der Waals surface area contributed by atoms with E-state index in [1.807, 2.05) is 61.9 Å². The van der Waals surface area contributed by atoms with Crippen molar-refractivity contribution in [1.82, 2.24) is 24.8 Å². The Bertz CT molecular complexity index is 1410. The first kappa shape index (κ1) is 28.9. The molecular formula is C29H38N6O2S2. The van der Waals surface area contributed by atoms with Gasteiger partial charge in [-0.2, -0.15) is 5.10 Å². The second-order valence-corrected chi connectivity index (χ2v) is 12.5. The summed E-state index contributed by atoms with van der Waals surface area (Å²) >= 11 is 1.60. The van der Waals surface area contributed by atoms with E-state index in [1.54, 1.807) is 23.5 Å². The van der Waals surface area contributed by atoms with E-state index < -0.39 is 10.0 Å². The van der Waals surface area contributed by atoms with Gasteiger partial charge in [-0.25, -0.2) is 18.1 Å². The van der Waals surface area contributed by atoms with Crippen molar-refractivity contribution in [1.29, 1.82) is 0 Å². The Balaban J connectivity index is 1.49. The third kappa shape index (κ3) is 7.98. The molecule has 3 aromatic heterocycles. The molecule has 0 bridgehead atoms. The zero-order chi connectivity index (χ0) is 27.7. The molecule has 0 aliphatic carbocycles. The molecule has 0 aliphatic heterocycles. The number of hydrogen-bond donors (Lipinski definition) is 3. The van der Waals surface area contributed by atoms with Gasteiger partial charge in [-0.15, -0.1) is 11.3 Å². The Kier molecular flexibility index (Phi) is 10.3. The second-order valence-electron chi connectivity index (χ2n) is 9.79. The van der Waals surface area contributed by atoms with Gasteiger partial charge in [0.15, 0.2) is 0 Å². The summed E-state index contributed by atoms with van der Waals surface area (Å²) in [4.78, 5) is 8.22. The maximum atomic E-state index is 13.0. The normalized spacial score (nSPS) is 11.8. The van der Waals surface area contributed by atoms with Crippen LogP contribution in [0.5, 0.6) is 0 Å². The van der Waals surface area contributed by atoms with E-state index in [2.05, 4.69) is 32.1 Å². The number of thiophene rings is 1. The Morgan fingerprint density at radius 3 is 2.51 bits per heavy atom. The zero-order valence-electron chi connectivity index (χ0n) is 22.9. The predicted molar refractivity (Wildman–Crippen MR) is 161 cm³/mol. The number of nitrogens with zero attached hydrogens (tertiary/aromatic N) is 3. The molecule has 0 atom stereocenters. The fourth-order valence-corrected chi connectivity index (χ4v) is 6.10. The number of pyridine rings is 1. The van der Waals surface area contributed by atoms with Gasteiger partial charge < -0.3 is 10.2 Å². The lowest BCUT2D eigenvalue weighted by Gasteiger charge is -2.12. The Morgan fingerprint density at radius 2 is 1.79 bits per heavy atom. The number of rotatable bonds is 15. The van der Waals surface area contributed by atoms with E-state index in [4.69, 9.17) is 4.98 Å². The van der Waals surface area contributed by atoms with Crippen molar-refractivity contribution in [2.45, 2.75) is 43.9 Å². The number of likely N-dealkylation sites (N-methyl/N-ethyl adjacent to an activating group) is 1. The first-order valence-corrected chi connectivity index (χ1v) is 15.8. The first-order valence-electron chi connectivity index (χ1n) is 13.4. The van der Waals surface area contributed by atoms with Gasteiger partial charge in [0, 0.05) is 25.2 Å². The summed E-state index contributed by atoms with van der Waals surface area (Å²) in [5.41, 5.74) is 4.48. The lowest BCUT2D eigenvalue weighted by Crippen LogP contribution is -2.26. The number of unbranched alkanes of at least 4 members (excludes halogenated alkanes) is 2. The molecule has 0 radical (unpaired) electrons. The molecule has 0 unspecified atom stereocenters. The largest absolute Gasteiger partial charge is 0.369 e. The molecule has 0 saturated heterocycles. The molecule has 0 aliphatic rings. The number of benzene rings is 1. The third-order valence-corrected chi connectivity index (χ3v) is 8.82.